The second-order valence-electron chi connectivity index (χ2n) is 2.94. The lowest BCUT2D eigenvalue weighted by Gasteiger charge is -2.25. The summed E-state index contributed by atoms with van der Waals surface area (Å²) in [6, 6.07) is 0. The molecule has 0 spiro atoms. The minimum Gasteiger partial charge on any atom is -0.486 e. The predicted octanol–water partition coefficient (Wildman–Crippen LogP) is 1.98. The van der Waals surface area contributed by atoms with E-state index in [1.807, 2.05) is 13.0 Å². The van der Waals surface area contributed by atoms with Gasteiger partial charge >= 0.3 is 0 Å². The van der Waals surface area contributed by atoms with Crippen molar-refractivity contribution >= 4 is 0 Å². The number of ether oxygens (including phenoxy) is 1. The Labute approximate surface area is 68.8 Å². The summed E-state index contributed by atoms with van der Waals surface area (Å²) in [5.41, 5.74) is 0. The molecule has 0 unspecified atom stereocenters. The average molecular weight is 155 g/mol. The largest absolute Gasteiger partial charge is 0.486 e. The van der Waals surface area contributed by atoms with E-state index >= 15 is 0 Å². The molecule has 64 valence electrons. The molecule has 0 bridgehead atoms. The average Bonchev–Trinajstić information content (AvgIpc) is 2.07. The minimum atomic E-state index is 0.768. The van der Waals surface area contributed by atoms with Crippen LogP contribution in [0.3, 0.4) is 0 Å². The number of hydrogen-bond donors (Lipinski definition) is 0. The standard InChI is InChI=1S/C9H17NO/c1-2-8-11-9-10-6-4-3-5-7-10/h2,8H,3-7,9H2,1H3/b8-2-. The number of rotatable bonds is 3. The fourth-order valence-electron chi connectivity index (χ4n) is 1.33. The van der Waals surface area contributed by atoms with Gasteiger partial charge in [-0.2, -0.15) is 0 Å². The van der Waals surface area contributed by atoms with Crippen LogP contribution in [0.4, 0.5) is 0 Å². The van der Waals surface area contributed by atoms with E-state index in [0.29, 0.717) is 0 Å². The molecular weight excluding hydrogens is 138 g/mol. The lowest BCUT2D eigenvalue weighted by Crippen LogP contribution is -2.31. The van der Waals surface area contributed by atoms with E-state index in [-0.39, 0.29) is 0 Å². The number of allylic oxidation sites excluding steroid dienone is 1. The molecule has 1 aliphatic heterocycles. The molecule has 1 aliphatic rings. The van der Waals surface area contributed by atoms with E-state index in [4.69, 9.17) is 4.74 Å². The molecule has 0 aromatic heterocycles. The highest BCUT2D eigenvalue weighted by Gasteiger charge is 2.08. The molecule has 0 atom stereocenters. The third kappa shape index (κ3) is 3.42. The normalized spacial score (nSPS) is 20.8. The quantitative estimate of drug-likeness (QED) is 0.578. The summed E-state index contributed by atoms with van der Waals surface area (Å²) < 4.78 is 5.27. The maximum absolute atomic E-state index is 5.27. The molecule has 11 heavy (non-hydrogen) atoms. The highest BCUT2D eigenvalue weighted by atomic mass is 16.5. The Morgan fingerprint density at radius 3 is 2.64 bits per heavy atom. The predicted molar refractivity (Wildman–Crippen MR) is 46.2 cm³/mol. The number of nitrogens with zero attached hydrogens (tertiary/aromatic N) is 1. The van der Waals surface area contributed by atoms with Crippen molar-refractivity contribution < 1.29 is 4.74 Å². The van der Waals surface area contributed by atoms with Crippen LogP contribution in [0, 0.1) is 0 Å². The van der Waals surface area contributed by atoms with Crippen LogP contribution in [0.25, 0.3) is 0 Å². The zero-order valence-electron chi connectivity index (χ0n) is 7.25. The van der Waals surface area contributed by atoms with Gasteiger partial charge in [-0.05, 0) is 19.8 Å². The van der Waals surface area contributed by atoms with Gasteiger partial charge in [-0.15, -0.1) is 0 Å². The first-order valence-electron chi connectivity index (χ1n) is 4.38. The Kier molecular flexibility index (Phi) is 4.06. The molecule has 0 aromatic carbocycles. The fourth-order valence-corrected chi connectivity index (χ4v) is 1.33. The van der Waals surface area contributed by atoms with Crippen molar-refractivity contribution in [3.8, 4) is 0 Å². The molecular formula is C9H17NO. The monoisotopic (exact) mass is 155 g/mol. The van der Waals surface area contributed by atoms with Crippen LogP contribution in [0.15, 0.2) is 12.3 Å². The lowest BCUT2D eigenvalue weighted by atomic mass is 10.1. The van der Waals surface area contributed by atoms with Gasteiger partial charge in [0.1, 0.15) is 6.73 Å². The van der Waals surface area contributed by atoms with Gasteiger partial charge in [-0.1, -0.05) is 12.5 Å². The van der Waals surface area contributed by atoms with E-state index < -0.39 is 0 Å². The van der Waals surface area contributed by atoms with Gasteiger partial charge in [-0.25, -0.2) is 0 Å². The first-order valence-corrected chi connectivity index (χ1v) is 4.38. The van der Waals surface area contributed by atoms with Crippen LogP contribution >= 0.6 is 0 Å². The summed E-state index contributed by atoms with van der Waals surface area (Å²) >= 11 is 0. The third-order valence-corrected chi connectivity index (χ3v) is 1.94. The molecule has 0 radical (unpaired) electrons. The Morgan fingerprint density at radius 1 is 1.27 bits per heavy atom. The molecule has 0 N–H and O–H groups in total. The van der Waals surface area contributed by atoms with Crippen molar-refractivity contribution in [1.82, 2.24) is 4.90 Å². The van der Waals surface area contributed by atoms with E-state index in [0.717, 1.165) is 6.73 Å². The Bertz CT molecular complexity index is 117. The van der Waals surface area contributed by atoms with Crippen LogP contribution in [-0.2, 0) is 4.74 Å². The minimum absolute atomic E-state index is 0.768. The van der Waals surface area contributed by atoms with Gasteiger partial charge in [0.25, 0.3) is 0 Å². The molecule has 0 amide bonds. The van der Waals surface area contributed by atoms with Crippen LogP contribution in [0.1, 0.15) is 26.2 Å². The maximum Gasteiger partial charge on any atom is 0.141 e. The topological polar surface area (TPSA) is 12.5 Å². The van der Waals surface area contributed by atoms with Crippen LogP contribution in [0.2, 0.25) is 0 Å². The molecule has 0 aliphatic carbocycles. The third-order valence-electron chi connectivity index (χ3n) is 1.94. The summed E-state index contributed by atoms with van der Waals surface area (Å²) in [6.07, 6.45) is 7.73. The first kappa shape index (κ1) is 8.60. The molecule has 0 aromatic rings. The van der Waals surface area contributed by atoms with Crippen LogP contribution < -0.4 is 0 Å². The van der Waals surface area contributed by atoms with Gasteiger partial charge in [-0.3, -0.25) is 4.90 Å². The molecule has 2 nitrogen and oxygen atoms in total. The van der Waals surface area contributed by atoms with Gasteiger partial charge < -0.3 is 4.74 Å². The Hall–Kier alpha value is -0.500. The van der Waals surface area contributed by atoms with E-state index in [1.165, 1.54) is 32.4 Å². The lowest BCUT2D eigenvalue weighted by molar-refractivity contribution is 0.0749. The first-order chi connectivity index (χ1) is 5.43. The van der Waals surface area contributed by atoms with Crippen molar-refractivity contribution in [2.24, 2.45) is 0 Å². The van der Waals surface area contributed by atoms with Gasteiger partial charge in [0.05, 0.1) is 6.26 Å². The number of piperidine rings is 1. The molecule has 1 heterocycles. The smallest absolute Gasteiger partial charge is 0.141 e. The summed E-state index contributed by atoms with van der Waals surface area (Å²) in [5, 5.41) is 0. The highest BCUT2D eigenvalue weighted by Crippen LogP contribution is 2.07. The van der Waals surface area contributed by atoms with Gasteiger partial charge in [0, 0.05) is 13.1 Å². The molecule has 1 saturated heterocycles. The number of hydrogen-bond acceptors (Lipinski definition) is 2. The highest BCUT2D eigenvalue weighted by molar-refractivity contribution is 4.66. The maximum atomic E-state index is 5.27. The fraction of sp³-hybridized carbons (Fsp3) is 0.778. The van der Waals surface area contributed by atoms with Crippen molar-refractivity contribution in [3.05, 3.63) is 12.3 Å². The molecule has 0 saturated carbocycles. The van der Waals surface area contributed by atoms with Crippen LogP contribution in [-0.4, -0.2) is 24.7 Å². The molecule has 1 fully saturated rings. The van der Waals surface area contributed by atoms with E-state index in [1.54, 1.807) is 6.26 Å². The van der Waals surface area contributed by atoms with Gasteiger partial charge in [0.15, 0.2) is 0 Å². The van der Waals surface area contributed by atoms with E-state index in [2.05, 4.69) is 4.90 Å². The molecule has 1 rings (SSSR count). The summed E-state index contributed by atoms with van der Waals surface area (Å²) in [6.45, 7) is 5.15. The summed E-state index contributed by atoms with van der Waals surface area (Å²) in [5.74, 6) is 0. The van der Waals surface area contributed by atoms with Crippen molar-refractivity contribution in [3.63, 3.8) is 0 Å². The molecule has 2 heteroatoms. The summed E-state index contributed by atoms with van der Waals surface area (Å²) in [4.78, 5) is 2.35. The second kappa shape index (κ2) is 5.19. The summed E-state index contributed by atoms with van der Waals surface area (Å²) in [7, 11) is 0. The zero-order chi connectivity index (χ0) is 7.94. The second-order valence-corrected chi connectivity index (χ2v) is 2.94. The SMILES string of the molecule is C/C=C\OCN1CCCCC1. The van der Waals surface area contributed by atoms with Gasteiger partial charge in [0.2, 0.25) is 0 Å². The van der Waals surface area contributed by atoms with Crippen molar-refractivity contribution in [1.29, 1.82) is 0 Å². The van der Waals surface area contributed by atoms with Crippen LogP contribution in [0.5, 0.6) is 0 Å². The van der Waals surface area contributed by atoms with E-state index in [9.17, 15) is 0 Å². The zero-order valence-corrected chi connectivity index (χ0v) is 7.25. The Balaban J connectivity index is 2.04. The Morgan fingerprint density at radius 2 is 2.00 bits per heavy atom. The van der Waals surface area contributed by atoms with Crippen molar-refractivity contribution in [2.75, 3.05) is 19.8 Å². The van der Waals surface area contributed by atoms with Crippen molar-refractivity contribution in [2.45, 2.75) is 26.2 Å². The number of likely N-dealkylation sites (tertiary alicyclic amines) is 1.